The molecule has 1 saturated carbocycles. The van der Waals surface area contributed by atoms with Gasteiger partial charge in [-0.25, -0.2) is 21.9 Å². The van der Waals surface area contributed by atoms with Gasteiger partial charge < -0.3 is 5.32 Å². The summed E-state index contributed by atoms with van der Waals surface area (Å²) in [5.41, 5.74) is -0.220. The van der Waals surface area contributed by atoms with Crippen molar-refractivity contribution in [3.63, 3.8) is 0 Å². The second-order valence-corrected chi connectivity index (χ2v) is 9.33. The molecule has 2 N–H and O–H groups in total. The molecule has 156 valence electrons. The van der Waals surface area contributed by atoms with E-state index in [9.17, 15) is 22.0 Å². The quantitative estimate of drug-likeness (QED) is 0.604. The van der Waals surface area contributed by atoms with Crippen LogP contribution in [0.1, 0.15) is 42.5 Å². The zero-order chi connectivity index (χ0) is 21.2. The Labute approximate surface area is 177 Å². The lowest BCUT2D eigenvalue weighted by Crippen LogP contribution is -2.36. The van der Waals surface area contributed by atoms with Crippen LogP contribution in [0.5, 0.6) is 0 Å². The maximum Gasteiger partial charge on any atom is 0.257 e. The number of carbonyl (C=O) groups is 1. The number of halogens is 4. The largest absolute Gasteiger partial charge is 0.322 e. The zero-order valence-corrected chi connectivity index (χ0v) is 17.5. The van der Waals surface area contributed by atoms with Gasteiger partial charge in [-0.05, 0) is 37.1 Å². The van der Waals surface area contributed by atoms with E-state index in [0.717, 1.165) is 50.3 Å². The molecule has 3 rings (SSSR count). The molecule has 1 aliphatic rings. The van der Waals surface area contributed by atoms with Crippen molar-refractivity contribution in [3.05, 3.63) is 57.6 Å². The molecular weight excluding hydrogens is 445 g/mol. The lowest BCUT2D eigenvalue weighted by molar-refractivity contribution is 0.102. The van der Waals surface area contributed by atoms with Crippen LogP contribution >= 0.6 is 23.2 Å². The van der Waals surface area contributed by atoms with Gasteiger partial charge in [0.15, 0.2) is 11.6 Å². The summed E-state index contributed by atoms with van der Waals surface area (Å²) in [7, 11) is -3.84. The highest BCUT2D eigenvalue weighted by Crippen LogP contribution is 2.26. The van der Waals surface area contributed by atoms with Crippen molar-refractivity contribution in [3.8, 4) is 0 Å². The van der Waals surface area contributed by atoms with Gasteiger partial charge in [-0.2, -0.15) is 0 Å². The van der Waals surface area contributed by atoms with E-state index in [2.05, 4.69) is 10.0 Å². The monoisotopic (exact) mass is 462 g/mol. The van der Waals surface area contributed by atoms with Crippen molar-refractivity contribution < 1.29 is 22.0 Å². The van der Waals surface area contributed by atoms with Crippen LogP contribution < -0.4 is 10.0 Å². The van der Waals surface area contributed by atoms with E-state index < -0.39 is 32.6 Å². The standard InChI is InChI=1S/C19H18Cl2F2N2O3S/c20-15-7-6-13(29(27,28)25-11-4-2-1-3-5-11)10-14(15)19(26)24-12-8-16(21)18(23)17(22)9-12/h6-11,25H,1-5H2,(H,24,26). The molecule has 10 heteroatoms. The number of anilines is 1. The van der Waals surface area contributed by atoms with Crippen LogP contribution in [-0.4, -0.2) is 20.4 Å². The molecule has 0 unspecified atom stereocenters. The predicted molar refractivity (Wildman–Crippen MR) is 108 cm³/mol. The van der Waals surface area contributed by atoms with E-state index in [-0.39, 0.29) is 27.2 Å². The molecule has 1 fully saturated rings. The van der Waals surface area contributed by atoms with Gasteiger partial charge in [-0.15, -0.1) is 0 Å². The molecule has 1 amide bonds. The third kappa shape index (κ3) is 5.25. The van der Waals surface area contributed by atoms with Crippen LogP contribution in [0.3, 0.4) is 0 Å². The minimum Gasteiger partial charge on any atom is -0.322 e. The molecular formula is C19H18Cl2F2N2O3S. The fourth-order valence-corrected chi connectivity index (χ4v) is 4.92. The first-order chi connectivity index (χ1) is 13.7. The van der Waals surface area contributed by atoms with Gasteiger partial charge in [-0.1, -0.05) is 42.5 Å². The first kappa shape index (κ1) is 22.0. The van der Waals surface area contributed by atoms with E-state index in [1.54, 1.807) is 0 Å². The summed E-state index contributed by atoms with van der Waals surface area (Å²) < 4.78 is 54.8. The molecule has 0 bridgehead atoms. The van der Waals surface area contributed by atoms with E-state index in [0.29, 0.717) is 0 Å². The van der Waals surface area contributed by atoms with E-state index in [1.165, 1.54) is 12.1 Å². The first-order valence-corrected chi connectivity index (χ1v) is 11.2. The maximum atomic E-state index is 13.5. The van der Waals surface area contributed by atoms with E-state index >= 15 is 0 Å². The molecule has 0 atom stereocenters. The van der Waals surface area contributed by atoms with Crippen LogP contribution in [0, 0.1) is 11.6 Å². The van der Waals surface area contributed by atoms with Crippen LogP contribution in [0.2, 0.25) is 10.0 Å². The van der Waals surface area contributed by atoms with Crippen molar-refractivity contribution in [1.29, 1.82) is 0 Å². The average molecular weight is 463 g/mol. The van der Waals surface area contributed by atoms with Gasteiger partial charge in [0.1, 0.15) is 0 Å². The lowest BCUT2D eigenvalue weighted by Gasteiger charge is -2.22. The Bertz CT molecular complexity index is 1020. The van der Waals surface area contributed by atoms with Crippen LogP contribution in [0.4, 0.5) is 14.5 Å². The highest BCUT2D eigenvalue weighted by atomic mass is 35.5. The van der Waals surface area contributed by atoms with Gasteiger partial charge >= 0.3 is 0 Å². The second kappa shape index (κ2) is 8.95. The lowest BCUT2D eigenvalue weighted by atomic mass is 9.96. The molecule has 29 heavy (non-hydrogen) atoms. The van der Waals surface area contributed by atoms with Gasteiger partial charge in [-0.3, -0.25) is 4.79 Å². The summed E-state index contributed by atoms with van der Waals surface area (Å²) in [6.07, 6.45) is 4.52. The van der Waals surface area contributed by atoms with E-state index in [1.807, 2.05) is 0 Å². The molecule has 0 spiro atoms. The Kier molecular flexibility index (Phi) is 6.78. The fourth-order valence-electron chi connectivity index (χ4n) is 3.18. The smallest absolute Gasteiger partial charge is 0.257 e. The molecule has 0 aliphatic heterocycles. The third-order valence-electron chi connectivity index (χ3n) is 4.66. The zero-order valence-electron chi connectivity index (χ0n) is 15.1. The highest BCUT2D eigenvalue weighted by molar-refractivity contribution is 7.89. The first-order valence-electron chi connectivity index (χ1n) is 8.95. The topological polar surface area (TPSA) is 75.3 Å². The summed E-state index contributed by atoms with van der Waals surface area (Å²) in [5.74, 6) is -3.25. The summed E-state index contributed by atoms with van der Waals surface area (Å²) in [4.78, 5) is 12.4. The molecule has 2 aromatic rings. The number of hydrogen-bond acceptors (Lipinski definition) is 3. The van der Waals surface area contributed by atoms with Gasteiger partial charge in [0.25, 0.3) is 5.91 Å². The molecule has 2 aromatic carbocycles. The Morgan fingerprint density at radius 2 is 1.69 bits per heavy atom. The van der Waals surface area contributed by atoms with Crippen molar-refractivity contribution in [2.24, 2.45) is 0 Å². The summed E-state index contributed by atoms with van der Waals surface area (Å²) in [6.45, 7) is 0. The summed E-state index contributed by atoms with van der Waals surface area (Å²) in [6, 6.07) is 5.40. The number of benzene rings is 2. The van der Waals surface area contributed by atoms with Crippen LogP contribution in [0.15, 0.2) is 35.2 Å². The Hall–Kier alpha value is -1.74. The number of sulfonamides is 1. The number of carbonyl (C=O) groups excluding carboxylic acids is 1. The normalized spacial score (nSPS) is 15.3. The molecule has 1 aliphatic carbocycles. The summed E-state index contributed by atoms with van der Waals surface area (Å²) >= 11 is 11.6. The van der Waals surface area contributed by atoms with Crippen LogP contribution in [-0.2, 0) is 10.0 Å². The van der Waals surface area contributed by atoms with Gasteiger partial charge in [0.2, 0.25) is 10.0 Å². The third-order valence-corrected chi connectivity index (χ3v) is 6.78. The molecule has 0 radical (unpaired) electrons. The molecule has 0 aromatic heterocycles. The Balaban J connectivity index is 1.83. The SMILES string of the molecule is O=C(Nc1cc(F)c(F)c(Cl)c1)c1cc(S(=O)(=O)NC2CCCCC2)ccc1Cl. The predicted octanol–water partition coefficient (Wildman–Crippen LogP) is 5.13. The number of rotatable bonds is 5. The van der Waals surface area contributed by atoms with Gasteiger partial charge in [0, 0.05) is 17.8 Å². The Morgan fingerprint density at radius 3 is 2.34 bits per heavy atom. The van der Waals surface area contributed by atoms with E-state index in [4.69, 9.17) is 23.2 Å². The number of nitrogens with one attached hydrogen (secondary N) is 2. The van der Waals surface area contributed by atoms with Crippen molar-refractivity contribution in [2.45, 2.75) is 43.0 Å². The number of amides is 1. The Morgan fingerprint density at radius 1 is 1.00 bits per heavy atom. The van der Waals surface area contributed by atoms with Crippen molar-refractivity contribution in [2.75, 3.05) is 5.32 Å². The highest BCUT2D eigenvalue weighted by Gasteiger charge is 2.24. The fraction of sp³-hybridized carbons (Fsp3) is 0.316. The summed E-state index contributed by atoms with van der Waals surface area (Å²) in [5, 5.41) is 1.84. The second-order valence-electron chi connectivity index (χ2n) is 6.81. The van der Waals surface area contributed by atoms with Crippen molar-refractivity contribution in [1.82, 2.24) is 4.72 Å². The van der Waals surface area contributed by atoms with Gasteiger partial charge in [0.05, 0.1) is 20.5 Å². The van der Waals surface area contributed by atoms with Crippen LogP contribution in [0.25, 0.3) is 0 Å². The number of hydrogen-bond donors (Lipinski definition) is 2. The molecule has 0 heterocycles. The minimum atomic E-state index is -3.84. The molecule has 0 saturated heterocycles. The average Bonchev–Trinajstić information content (AvgIpc) is 2.66. The maximum absolute atomic E-state index is 13.5. The molecule has 5 nitrogen and oxygen atoms in total. The van der Waals surface area contributed by atoms with Crippen molar-refractivity contribution >= 4 is 44.8 Å². The minimum absolute atomic E-state index is 0.00722.